The average Bonchev–Trinajstić information content (AvgIpc) is 2.12. The van der Waals surface area contributed by atoms with Crippen LogP contribution in [0.5, 0.6) is 0 Å². The van der Waals surface area contributed by atoms with Crippen LogP contribution in [0.3, 0.4) is 0 Å². The molecule has 1 fully saturated rings. The first-order chi connectivity index (χ1) is 7.77. The van der Waals surface area contributed by atoms with Gasteiger partial charge in [0.15, 0.2) is 9.84 Å². The maximum absolute atomic E-state index is 11.9. The molecule has 0 aromatic heterocycles. The molecule has 2 rings (SSSR count). The normalized spacial score (nSPS) is 26.6. The van der Waals surface area contributed by atoms with Crippen molar-refractivity contribution in [2.24, 2.45) is 0 Å². The van der Waals surface area contributed by atoms with Crippen molar-refractivity contribution in [3.8, 4) is 0 Å². The molecule has 5 heteroatoms. The van der Waals surface area contributed by atoms with E-state index in [0.717, 1.165) is 10.0 Å². The molecule has 1 aromatic rings. The number of hydrogen-bond acceptors (Lipinski definition) is 3. The van der Waals surface area contributed by atoms with Crippen molar-refractivity contribution in [2.75, 3.05) is 11.5 Å². The lowest BCUT2D eigenvalue weighted by Crippen LogP contribution is -2.54. The van der Waals surface area contributed by atoms with Gasteiger partial charge in [-0.05, 0) is 31.5 Å². The van der Waals surface area contributed by atoms with Crippen molar-refractivity contribution in [1.29, 1.82) is 0 Å². The molecule has 1 atom stereocenters. The smallest absolute Gasteiger partial charge is 0.153 e. The molecule has 94 valence electrons. The summed E-state index contributed by atoms with van der Waals surface area (Å²) in [5, 5.41) is 3.39. The van der Waals surface area contributed by atoms with Crippen molar-refractivity contribution in [1.82, 2.24) is 5.32 Å². The Hall–Kier alpha value is -0.390. The summed E-state index contributed by atoms with van der Waals surface area (Å²) in [6.07, 6.45) is 0. The Bertz CT molecular complexity index is 525. The van der Waals surface area contributed by atoms with E-state index in [9.17, 15) is 8.42 Å². The van der Waals surface area contributed by atoms with Crippen molar-refractivity contribution in [2.45, 2.75) is 25.4 Å². The van der Waals surface area contributed by atoms with Crippen molar-refractivity contribution < 1.29 is 8.42 Å². The molecule has 1 aliphatic heterocycles. The fourth-order valence-corrected chi connectivity index (χ4v) is 4.82. The van der Waals surface area contributed by atoms with E-state index in [2.05, 4.69) is 21.2 Å². The summed E-state index contributed by atoms with van der Waals surface area (Å²) >= 11 is 3.41. The molecule has 1 aliphatic rings. The van der Waals surface area contributed by atoms with Crippen LogP contribution in [-0.4, -0.2) is 25.5 Å². The first-order valence-corrected chi connectivity index (χ1v) is 8.12. The highest BCUT2D eigenvalue weighted by atomic mass is 79.9. The molecule has 1 heterocycles. The number of sulfone groups is 1. The Kier molecular flexibility index (Phi) is 3.36. The van der Waals surface area contributed by atoms with E-state index in [-0.39, 0.29) is 23.1 Å². The van der Waals surface area contributed by atoms with Gasteiger partial charge in [0.25, 0.3) is 0 Å². The van der Waals surface area contributed by atoms with Gasteiger partial charge < -0.3 is 5.32 Å². The summed E-state index contributed by atoms with van der Waals surface area (Å²) in [5.74, 6) is 0.372. The van der Waals surface area contributed by atoms with Gasteiger partial charge in [0.2, 0.25) is 0 Å². The third kappa shape index (κ3) is 3.30. The highest BCUT2D eigenvalue weighted by molar-refractivity contribution is 9.10. The summed E-state index contributed by atoms with van der Waals surface area (Å²) in [7, 11) is -2.98. The highest BCUT2D eigenvalue weighted by Crippen LogP contribution is 2.27. The van der Waals surface area contributed by atoms with Gasteiger partial charge in [-0.3, -0.25) is 0 Å². The summed E-state index contributed by atoms with van der Waals surface area (Å²) in [6.45, 7) is 3.85. The van der Waals surface area contributed by atoms with E-state index in [0.29, 0.717) is 0 Å². The van der Waals surface area contributed by atoms with Gasteiger partial charge in [0.05, 0.1) is 11.5 Å². The SMILES string of the molecule is CC1(C)CS(=O)(=O)CC(c2cccc(Br)c2)N1. The maximum atomic E-state index is 11.9. The molecule has 1 N–H and O–H groups in total. The van der Waals surface area contributed by atoms with Gasteiger partial charge in [-0.25, -0.2) is 8.42 Å². The molecule has 3 nitrogen and oxygen atoms in total. The van der Waals surface area contributed by atoms with Crippen LogP contribution in [-0.2, 0) is 9.84 Å². The van der Waals surface area contributed by atoms with Crippen LogP contribution in [0.15, 0.2) is 28.7 Å². The van der Waals surface area contributed by atoms with Crippen LogP contribution in [0.4, 0.5) is 0 Å². The molecule has 0 aliphatic carbocycles. The van der Waals surface area contributed by atoms with Crippen molar-refractivity contribution in [3.63, 3.8) is 0 Å². The predicted octanol–water partition coefficient (Wildman–Crippen LogP) is 2.29. The van der Waals surface area contributed by atoms with Gasteiger partial charge in [-0.2, -0.15) is 0 Å². The van der Waals surface area contributed by atoms with E-state index >= 15 is 0 Å². The van der Waals surface area contributed by atoms with Crippen LogP contribution in [0.1, 0.15) is 25.5 Å². The lowest BCUT2D eigenvalue weighted by molar-refractivity contribution is 0.359. The van der Waals surface area contributed by atoms with E-state index in [1.165, 1.54) is 0 Å². The topological polar surface area (TPSA) is 46.2 Å². The molecule has 1 aromatic carbocycles. The first kappa shape index (κ1) is 13.1. The zero-order valence-electron chi connectivity index (χ0n) is 9.90. The molecule has 0 radical (unpaired) electrons. The Morgan fingerprint density at radius 3 is 2.71 bits per heavy atom. The molecule has 0 amide bonds. The average molecular weight is 318 g/mol. The monoisotopic (exact) mass is 317 g/mol. The third-order valence-electron chi connectivity index (χ3n) is 2.82. The number of halogens is 1. The van der Waals surface area contributed by atoms with Crippen molar-refractivity contribution >= 4 is 25.8 Å². The quantitative estimate of drug-likeness (QED) is 0.864. The molecule has 1 unspecified atom stereocenters. The van der Waals surface area contributed by atoms with E-state index in [4.69, 9.17) is 0 Å². The summed E-state index contributed by atoms with van der Waals surface area (Å²) in [4.78, 5) is 0. The van der Waals surface area contributed by atoms with Gasteiger partial charge >= 0.3 is 0 Å². The minimum atomic E-state index is -2.98. The van der Waals surface area contributed by atoms with Crippen LogP contribution in [0.2, 0.25) is 0 Å². The number of nitrogens with one attached hydrogen (secondary N) is 1. The zero-order valence-corrected chi connectivity index (χ0v) is 12.3. The van der Waals surface area contributed by atoms with Gasteiger partial charge in [-0.15, -0.1) is 0 Å². The standard InChI is InChI=1S/C12H16BrNO2S/c1-12(2)8-17(15,16)7-11(14-12)9-4-3-5-10(13)6-9/h3-6,11,14H,7-8H2,1-2H3. The molecular formula is C12H16BrNO2S. The van der Waals surface area contributed by atoms with Crippen LogP contribution in [0, 0.1) is 0 Å². The third-order valence-corrected chi connectivity index (χ3v) is 5.31. The molecule has 0 bridgehead atoms. The minimum absolute atomic E-state index is 0.124. The van der Waals surface area contributed by atoms with Crippen LogP contribution >= 0.6 is 15.9 Å². The number of hydrogen-bond donors (Lipinski definition) is 1. The van der Waals surface area contributed by atoms with E-state index in [1.807, 2.05) is 38.1 Å². The second-order valence-electron chi connectivity index (χ2n) is 5.19. The zero-order chi connectivity index (χ0) is 12.7. The molecule has 0 saturated carbocycles. The van der Waals surface area contributed by atoms with E-state index < -0.39 is 9.84 Å². The highest BCUT2D eigenvalue weighted by Gasteiger charge is 2.36. The van der Waals surface area contributed by atoms with Gasteiger partial charge in [0, 0.05) is 16.1 Å². The predicted molar refractivity (Wildman–Crippen MR) is 72.8 cm³/mol. The van der Waals surface area contributed by atoms with Crippen LogP contribution in [0.25, 0.3) is 0 Å². The second kappa shape index (κ2) is 4.37. The number of rotatable bonds is 1. The molecule has 1 saturated heterocycles. The minimum Gasteiger partial charge on any atom is -0.303 e. The van der Waals surface area contributed by atoms with Crippen LogP contribution < -0.4 is 5.32 Å². The number of benzene rings is 1. The molecular weight excluding hydrogens is 302 g/mol. The Morgan fingerprint density at radius 1 is 1.41 bits per heavy atom. The second-order valence-corrected chi connectivity index (χ2v) is 8.22. The summed E-state index contributed by atoms with van der Waals surface area (Å²) in [6, 6.07) is 7.66. The fraction of sp³-hybridized carbons (Fsp3) is 0.500. The fourth-order valence-electron chi connectivity index (χ4n) is 2.32. The van der Waals surface area contributed by atoms with Gasteiger partial charge in [0.1, 0.15) is 0 Å². The maximum Gasteiger partial charge on any atom is 0.153 e. The molecule has 17 heavy (non-hydrogen) atoms. The first-order valence-electron chi connectivity index (χ1n) is 5.51. The largest absolute Gasteiger partial charge is 0.303 e. The Labute approximate surface area is 111 Å². The summed E-state index contributed by atoms with van der Waals surface area (Å²) < 4.78 is 24.7. The van der Waals surface area contributed by atoms with Crippen molar-refractivity contribution in [3.05, 3.63) is 34.3 Å². The van der Waals surface area contributed by atoms with E-state index in [1.54, 1.807) is 0 Å². The Balaban J connectivity index is 2.33. The Morgan fingerprint density at radius 2 is 2.12 bits per heavy atom. The van der Waals surface area contributed by atoms with Gasteiger partial charge in [-0.1, -0.05) is 28.1 Å². The summed E-state index contributed by atoms with van der Waals surface area (Å²) in [5.41, 5.74) is 0.639. The lowest BCUT2D eigenvalue weighted by Gasteiger charge is -2.37. The molecule has 0 spiro atoms. The lowest BCUT2D eigenvalue weighted by atomic mass is 10.0.